The Hall–Kier alpha value is -0.690. The number of rotatable bonds is 8. The SMILES string of the molecule is C=CCN(CC=C)CCC.CCOS(=O)(=O)O. The van der Waals surface area contributed by atoms with Crippen molar-refractivity contribution in [3.05, 3.63) is 25.3 Å². The largest absolute Gasteiger partial charge is 0.397 e. The summed E-state index contributed by atoms with van der Waals surface area (Å²) in [6, 6.07) is 0. The Balaban J connectivity index is 0. The summed E-state index contributed by atoms with van der Waals surface area (Å²) in [5.41, 5.74) is 0. The summed E-state index contributed by atoms with van der Waals surface area (Å²) in [6.45, 7) is 14.1. The van der Waals surface area contributed by atoms with Crippen molar-refractivity contribution in [2.45, 2.75) is 20.3 Å². The van der Waals surface area contributed by atoms with Crippen LogP contribution in [0.4, 0.5) is 0 Å². The molecule has 0 radical (unpaired) electrons. The first-order valence-corrected chi connectivity index (χ1v) is 6.83. The Kier molecular flexibility index (Phi) is 12.9. The molecule has 1 N–H and O–H groups in total. The second kappa shape index (κ2) is 11.8. The predicted octanol–water partition coefficient (Wildman–Crippen LogP) is 1.90. The van der Waals surface area contributed by atoms with E-state index in [1.165, 1.54) is 13.3 Å². The topological polar surface area (TPSA) is 66.8 Å². The van der Waals surface area contributed by atoms with Crippen molar-refractivity contribution < 1.29 is 17.2 Å². The first-order chi connectivity index (χ1) is 7.91. The Morgan fingerprint density at radius 3 is 1.88 bits per heavy atom. The van der Waals surface area contributed by atoms with Crippen LogP contribution in [0.25, 0.3) is 0 Å². The summed E-state index contributed by atoms with van der Waals surface area (Å²) >= 11 is 0. The van der Waals surface area contributed by atoms with E-state index in [1.54, 1.807) is 0 Å². The molecule has 0 aromatic heterocycles. The lowest BCUT2D eigenvalue weighted by Crippen LogP contribution is -2.24. The molecule has 6 heteroatoms. The lowest BCUT2D eigenvalue weighted by Gasteiger charge is -2.16. The quantitative estimate of drug-likeness (QED) is 0.536. The van der Waals surface area contributed by atoms with Crippen LogP contribution in [0.2, 0.25) is 0 Å². The smallest absolute Gasteiger partial charge is 0.296 e. The van der Waals surface area contributed by atoms with Crippen LogP contribution in [-0.2, 0) is 14.6 Å². The highest BCUT2D eigenvalue weighted by Crippen LogP contribution is 1.90. The summed E-state index contributed by atoms with van der Waals surface area (Å²) in [7, 11) is -4.17. The van der Waals surface area contributed by atoms with Gasteiger partial charge >= 0.3 is 10.4 Å². The first kappa shape index (κ1) is 18.7. The van der Waals surface area contributed by atoms with E-state index in [4.69, 9.17) is 4.55 Å². The van der Waals surface area contributed by atoms with Gasteiger partial charge < -0.3 is 0 Å². The van der Waals surface area contributed by atoms with Gasteiger partial charge in [0.25, 0.3) is 0 Å². The summed E-state index contributed by atoms with van der Waals surface area (Å²) in [4.78, 5) is 2.31. The zero-order chi connectivity index (χ0) is 13.7. The number of hydrogen-bond donors (Lipinski definition) is 1. The molecule has 0 bridgehead atoms. The van der Waals surface area contributed by atoms with Crippen LogP contribution < -0.4 is 0 Å². The standard InChI is InChI=1S/C9H17N.C2H6O4S/c1-4-7-10(8-5-2)9-6-3;1-2-6-7(3,4)5/h4-5H,1-2,6-9H2,3H3;2H2,1H3,(H,3,4,5). The third kappa shape index (κ3) is 17.9. The van der Waals surface area contributed by atoms with Crippen molar-refractivity contribution in [3.8, 4) is 0 Å². The molecule has 0 unspecified atom stereocenters. The molecule has 0 atom stereocenters. The Labute approximate surface area is 105 Å². The molecule has 0 aliphatic carbocycles. The molecule has 0 aromatic carbocycles. The van der Waals surface area contributed by atoms with E-state index in [2.05, 4.69) is 29.2 Å². The van der Waals surface area contributed by atoms with Crippen LogP contribution in [0, 0.1) is 0 Å². The van der Waals surface area contributed by atoms with Gasteiger partial charge in [-0.15, -0.1) is 13.2 Å². The van der Waals surface area contributed by atoms with E-state index in [0.29, 0.717) is 0 Å². The molecule has 0 aliphatic rings. The van der Waals surface area contributed by atoms with Gasteiger partial charge in [0, 0.05) is 13.1 Å². The molecular formula is C11H23NO4S. The number of hydrogen-bond acceptors (Lipinski definition) is 4. The maximum Gasteiger partial charge on any atom is 0.397 e. The zero-order valence-electron chi connectivity index (χ0n) is 10.6. The molecule has 0 heterocycles. The molecule has 0 aromatic rings. The second-order valence-electron chi connectivity index (χ2n) is 3.17. The van der Waals surface area contributed by atoms with Gasteiger partial charge in [-0.1, -0.05) is 19.1 Å². The Bertz CT molecular complexity index is 278. The lowest BCUT2D eigenvalue weighted by molar-refractivity contribution is 0.283. The summed E-state index contributed by atoms with van der Waals surface area (Å²) in [5, 5.41) is 0. The van der Waals surface area contributed by atoms with Gasteiger partial charge in [-0.2, -0.15) is 8.42 Å². The normalized spacial score (nSPS) is 10.6. The minimum atomic E-state index is -4.17. The zero-order valence-corrected chi connectivity index (χ0v) is 11.4. The minimum Gasteiger partial charge on any atom is -0.296 e. The highest BCUT2D eigenvalue weighted by molar-refractivity contribution is 7.80. The van der Waals surface area contributed by atoms with Gasteiger partial charge in [0.15, 0.2) is 0 Å². The van der Waals surface area contributed by atoms with Crippen LogP contribution in [-0.4, -0.2) is 44.1 Å². The van der Waals surface area contributed by atoms with Crippen LogP contribution in [0.5, 0.6) is 0 Å². The summed E-state index contributed by atoms with van der Waals surface area (Å²) in [6.07, 6.45) is 5.06. The average molecular weight is 265 g/mol. The highest BCUT2D eigenvalue weighted by Gasteiger charge is 1.98. The molecule has 0 saturated heterocycles. The van der Waals surface area contributed by atoms with Gasteiger partial charge in [-0.25, -0.2) is 4.18 Å². The Morgan fingerprint density at radius 2 is 1.71 bits per heavy atom. The van der Waals surface area contributed by atoms with Crippen LogP contribution >= 0.6 is 0 Å². The van der Waals surface area contributed by atoms with E-state index in [9.17, 15) is 8.42 Å². The Morgan fingerprint density at radius 1 is 1.24 bits per heavy atom. The molecule has 0 aliphatic heterocycles. The third-order valence-corrected chi connectivity index (χ3v) is 2.11. The molecular weight excluding hydrogens is 242 g/mol. The fourth-order valence-corrected chi connectivity index (χ4v) is 1.39. The molecule has 0 amide bonds. The van der Waals surface area contributed by atoms with Crippen molar-refractivity contribution in [1.29, 1.82) is 0 Å². The molecule has 0 saturated carbocycles. The highest BCUT2D eigenvalue weighted by atomic mass is 32.3. The average Bonchev–Trinajstić information content (AvgIpc) is 2.18. The molecule has 0 rings (SSSR count). The summed E-state index contributed by atoms with van der Waals surface area (Å²) in [5.74, 6) is 0. The fourth-order valence-electron chi connectivity index (χ4n) is 1.09. The van der Waals surface area contributed by atoms with Crippen molar-refractivity contribution in [1.82, 2.24) is 4.90 Å². The first-order valence-electron chi connectivity index (χ1n) is 5.47. The van der Waals surface area contributed by atoms with E-state index in [-0.39, 0.29) is 6.61 Å². The lowest BCUT2D eigenvalue weighted by atomic mass is 10.4. The maximum atomic E-state index is 9.56. The van der Waals surface area contributed by atoms with E-state index < -0.39 is 10.4 Å². The number of nitrogens with zero attached hydrogens (tertiary/aromatic N) is 1. The van der Waals surface area contributed by atoms with Crippen molar-refractivity contribution in [2.24, 2.45) is 0 Å². The maximum absolute atomic E-state index is 9.56. The minimum absolute atomic E-state index is 0.0289. The summed E-state index contributed by atoms with van der Waals surface area (Å²) < 4.78 is 30.7. The molecule has 5 nitrogen and oxygen atoms in total. The van der Waals surface area contributed by atoms with Gasteiger partial charge in [0.05, 0.1) is 6.61 Å². The van der Waals surface area contributed by atoms with Crippen LogP contribution in [0.3, 0.4) is 0 Å². The van der Waals surface area contributed by atoms with Gasteiger partial charge in [0.1, 0.15) is 0 Å². The molecule has 17 heavy (non-hydrogen) atoms. The molecule has 102 valence electrons. The fraction of sp³-hybridized carbons (Fsp3) is 0.636. The molecule has 0 spiro atoms. The van der Waals surface area contributed by atoms with Crippen LogP contribution in [0.1, 0.15) is 20.3 Å². The van der Waals surface area contributed by atoms with Gasteiger partial charge in [-0.05, 0) is 19.9 Å². The van der Waals surface area contributed by atoms with E-state index in [1.807, 2.05) is 12.2 Å². The van der Waals surface area contributed by atoms with Gasteiger partial charge in [0.2, 0.25) is 0 Å². The second-order valence-corrected chi connectivity index (χ2v) is 4.26. The predicted molar refractivity (Wildman–Crippen MR) is 70.3 cm³/mol. The third-order valence-electron chi connectivity index (χ3n) is 1.58. The van der Waals surface area contributed by atoms with E-state index >= 15 is 0 Å². The van der Waals surface area contributed by atoms with Crippen LogP contribution in [0.15, 0.2) is 25.3 Å². The van der Waals surface area contributed by atoms with Crippen molar-refractivity contribution in [2.75, 3.05) is 26.2 Å². The monoisotopic (exact) mass is 265 g/mol. The van der Waals surface area contributed by atoms with Crippen molar-refractivity contribution in [3.63, 3.8) is 0 Å². The molecule has 0 fully saturated rings. The van der Waals surface area contributed by atoms with E-state index in [0.717, 1.165) is 19.6 Å². The van der Waals surface area contributed by atoms with Crippen molar-refractivity contribution >= 4 is 10.4 Å². The van der Waals surface area contributed by atoms with Gasteiger partial charge in [-0.3, -0.25) is 9.45 Å².